The number of hydrogen-bond donors (Lipinski definition) is 1. The van der Waals surface area contributed by atoms with E-state index in [1.807, 2.05) is 49.4 Å². The molecule has 0 unspecified atom stereocenters. The lowest BCUT2D eigenvalue weighted by molar-refractivity contribution is 0.0988. The van der Waals surface area contributed by atoms with Crippen LogP contribution in [0.5, 0.6) is 0 Å². The molecule has 0 radical (unpaired) electrons. The zero-order chi connectivity index (χ0) is 14.8. The fourth-order valence-electron chi connectivity index (χ4n) is 2.41. The lowest BCUT2D eigenvalue weighted by Gasteiger charge is -2.00. The first-order valence-corrected chi connectivity index (χ1v) is 6.94. The van der Waals surface area contributed by atoms with Crippen LogP contribution in [0, 0.1) is 0 Å². The topological polar surface area (TPSA) is 46.2 Å². The molecule has 0 amide bonds. The summed E-state index contributed by atoms with van der Waals surface area (Å²) in [6, 6.07) is 14.9. The molecule has 0 heterocycles. The monoisotopic (exact) mass is 277 g/mol. The maximum Gasteiger partial charge on any atom is 0.199 e. The van der Waals surface area contributed by atoms with Crippen molar-refractivity contribution in [2.75, 3.05) is 5.32 Å². The SMILES string of the molecule is CCc1ccc2c(c1)C(=O)/C(=C\Nc1ccccc1)C2=O. The van der Waals surface area contributed by atoms with Crippen LogP contribution in [0.1, 0.15) is 33.2 Å². The third-order valence-corrected chi connectivity index (χ3v) is 3.63. The predicted octanol–water partition coefficient (Wildman–Crippen LogP) is 3.62. The van der Waals surface area contributed by atoms with Crippen molar-refractivity contribution in [3.63, 3.8) is 0 Å². The molecule has 2 aromatic carbocycles. The van der Waals surface area contributed by atoms with E-state index in [2.05, 4.69) is 5.32 Å². The summed E-state index contributed by atoms with van der Waals surface area (Å²) in [6.45, 7) is 2.02. The molecule has 0 atom stereocenters. The van der Waals surface area contributed by atoms with Crippen molar-refractivity contribution >= 4 is 17.3 Å². The number of Topliss-reactive ketones (excluding diaryl/α,β-unsaturated/α-hetero) is 2. The van der Waals surface area contributed by atoms with E-state index < -0.39 is 0 Å². The highest BCUT2D eigenvalue weighted by atomic mass is 16.2. The average molecular weight is 277 g/mol. The number of hydrogen-bond acceptors (Lipinski definition) is 3. The van der Waals surface area contributed by atoms with E-state index in [0.29, 0.717) is 11.1 Å². The number of anilines is 1. The number of nitrogens with one attached hydrogen (secondary N) is 1. The summed E-state index contributed by atoms with van der Waals surface area (Å²) < 4.78 is 0. The van der Waals surface area contributed by atoms with E-state index in [9.17, 15) is 9.59 Å². The fraction of sp³-hybridized carbons (Fsp3) is 0.111. The average Bonchev–Trinajstić information content (AvgIpc) is 2.77. The smallest absolute Gasteiger partial charge is 0.199 e. The number of carbonyl (C=O) groups is 2. The second kappa shape index (κ2) is 5.37. The molecule has 1 N–H and O–H groups in total. The molecule has 3 heteroatoms. The van der Waals surface area contributed by atoms with Crippen LogP contribution in [0.25, 0.3) is 0 Å². The van der Waals surface area contributed by atoms with E-state index >= 15 is 0 Å². The lowest BCUT2D eigenvalue weighted by atomic mass is 10.0. The molecule has 1 aliphatic rings. The summed E-state index contributed by atoms with van der Waals surface area (Å²) in [6.07, 6.45) is 2.35. The van der Waals surface area contributed by atoms with Crippen LogP contribution in [-0.2, 0) is 6.42 Å². The lowest BCUT2D eigenvalue weighted by Crippen LogP contribution is -2.03. The highest BCUT2D eigenvalue weighted by Gasteiger charge is 2.33. The minimum absolute atomic E-state index is 0.196. The zero-order valence-corrected chi connectivity index (χ0v) is 11.7. The summed E-state index contributed by atoms with van der Waals surface area (Å²) >= 11 is 0. The molecule has 3 rings (SSSR count). The molecule has 0 spiro atoms. The predicted molar refractivity (Wildman–Crippen MR) is 82.6 cm³/mol. The number of ketones is 2. The van der Waals surface area contributed by atoms with E-state index in [4.69, 9.17) is 0 Å². The number of rotatable bonds is 3. The van der Waals surface area contributed by atoms with Gasteiger partial charge >= 0.3 is 0 Å². The minimum Gasteiger partial charge on any atom is -0.361 e. The third kappa shape index (κ3) is 2.38. The van der Waals surface area contributed by atoms with Crippen LogP contribution in [0.2, 0.25) is 0 Å². The molecule has 1 aliphatic carbocycles. The third-order valence-electron chi connectivity index (χ3n) is 3.63. The van der Waals surface area contributed by atoms with Crippen molar-refractivity contribution in [1.29, 1.82) is 0 Å². The fourth-order valence-corrected chi connectivity index (χ4v) is 2.41. The number of benzene rings is 2. The van der Waals surface area contributed by atoms with E-state index in [1.54, 1.807) is 6.07 Å². The molecule has 2 aromatic rings. The van der Waals surface area contributed by atoms with Crippen molar-refractivity contribution in [3.05, 3.63) is 77.0 Å². The molecule has 0 saturated carbocycles. The van der Waals surface area contributed by atoms with Crippen molar-refractivity contribution in [2.45, 2.75) is 13.3 Å². The van der Waals surface area contributed by atoms with Gasteiger partial charge in [0.25, 0.3) is 0 Å². The largest absolute Gasteiger partial charge is 0.361 e. The van der Waals surface area contributed by atoms with Crippen LogP contribution in [0.4, 0.5) is 5.69 Å². The molecule has 21 heavy (non-hydrogen) atoms. The zero-order valence-electron chi connectivity index (χ0n) is 11.7. The molecular formula is C18H15NO2. The van der Waals surface area contributed by atoms with Crippen LogP contribution in [0.3, 0.4) is 0 Å². The second-order valence-electron chi connectivity index (χ2n) is 4.96. The van der Waals surface area contributed by atoms with Crippen molar-refractivity contribution < 1.29 is 9.59 Å². The van der Waals surface area contributed by atoms with Crippen molar-refractivity contribution in [1.82, 2.24) is 0 Å². The number of carbonyl (C=O) groups excluding carboxylic acids is 2. The highest BCUT2D eigenvalue weighted by molar-refractivity contribution is 6.39. The Morgan fingerprint density at radius 2 is 1.67 bits per heavy atom. The van der Waals surface area contributed by atoms with Crippen LogP contribution >= 0.6 is 0 Å². The second-order valence-corrected chi connectivity index (χ2v) is 4.96. The van der Waals surface area contributed by atoms with Gasteiger partial charge in [0.2, 0.25) is 0 Å². The first-order chi connectivity index (χ1) is 10.2. The number of allylic oxidation sites excluding steroid dienone is 1. The maximum absolute atomic E-state index is 12.4. The maximum atomic E-state index is 12.4. The van der Waals surface area contributed by atoms with Gasteiger partial charge in [0.15, 0.2) is 11.6 Å². The number of fused-ring (bicyclic) bond motifs is 1. The Bertz CT molecular complexity index is 745. The number of aryl methyl sites for hydroxylation is 1. The normalized spacial score (nSPS) is 15.4. The molecule has 104 valence electrons. The quantitative estimate of drug-likeness (QED) is 0.688. The van der Waals surface area contributed by atoms with Gasteiger partial charge < -0.3 is 5.32 Å². The summed E-state index contributed by atoms with van der Waals surface area (Å²) in [7, 11) is 0. The standard InChI is InChI=1S/C18H15NO2/c1-2-12-8-9-14-15(10-12)18(21)16(17(14)20)11-19-13-6-4-3-5-7-13/h3-11,19H,2H2,1H3/b16-11-. The van der Waals surface area contributed by atoms with Gasteiger partial charge in [0.05, 0.1) is 5.57 Å². The summed E-state index contributed by atoms with van der Waals surface area (Å²) in [4.78, 5) is 24.7. The van der Waals surface area contributed by atoms with Crippen LogP contribution in [0.15, 0.2) is 60.3 Å². The molecule has 0 aliphatic heterocycles. The summed E-state index contributed by atoms with van der Waals surface area (Å²) in [5, 5.41) is 3.01. The van der Waals surface area contributed by atoms with Gasteiger partial charge in [0, 0.05) is 23.0 Å². The minimum atomic E-state index is -0.207. The van der Waals surface area contributed by atoms with Gasteiger partial charge in [-0.3, -0.25) is 9.59 Å². The van der Waals surface area contributed by atoms with E-state index in [1.165, 1.54) is 6.20 Å². The Balaban J connectivity index is 1.92. The van der Waals surface area contributed by atoms with Gasteiger partial charge in [-0.05, 0) is 30.2 Å². The Labute approximate surface area is 123 Å². The Morgan fingerprint density at radius 1 is 0.952 bits per heavy atom. The van der Waals surface area contributed by atoms with E-state index in [-0.39, 0.29) is 17.1 Å². The van der Waals surface area contributed by atoms with Crippen LogP contribution < -0.4 is 5.32 Å². The van der Waals surface area contributed by atoms with Crippen molar-refractivity contribution in [2.24, 2.45) is 0 Å². The summed E-state index contributed by atoms with van der Waals surface area (Å²) in [5.74, 6) is -0.408. The number of para-hydroxylation sites is 1. The first-order valence-electron chi connectivity index (χ1n) is 6.94. The van der Waals surface area contributed by atoms with Gasteiger partial charge in [-0.1, -0.05) is 37.3 Å². The van der Waals surface area contributed by atoms with Gasteiger partial charge in [-0.2, -0.15) is 0 Å². The molecule has 0 saturated heterocycles. The van der Waals surface area contributed by atoms with Crippen LogP contribution in [-0.4, -0.2) is 11.6 Å². The van der Waals surface area contributed by atoms with E-state index in [0.717, 1.165) is 17.7 Å². The molecule has 0 bridgehead atoms. The Hall–Kier alpha value is -2.68. The van der Waals surface area contributed by atoms with Gasteiger partial charge in [0.1, 0.15) is 0 Å². The Kier molecular flexibility index (Phi) is 3.40. The first kappa shape index (κ1) is 13.3. The van der Waals surface area contributed by atoms with Gasteiger partial charge in [-0.15, -0.1) is 0 Å². The summed E-state index contributed by atoms with van der Waals surface area (Å²) in [5.41, 5.74) is 3.11. The van der Waals surface area contributed by atoms with Gasteiger partial charge in [-0.25, -0.2) is 0 Å². The Morgan fingerprint density at radius 3 is 2.38 bits per heavy atom. The highest BCUT2D eigenvalue weighted by Crippen LogP contribution is 2.27. The molecule has 0 fully saturated rings. The van der Waals surface area contributed by atoms with Crippen molar-refractivity contribution in [3.8, 4) is 0 Å². The molecular weight excluding hydrogens is 262 g/mol. The molecule has 3 nitrogen and oxygen atoms in total. The molecule has 0 aromatic heterocycles.